The first kappa shape index (κ1) is 14.2. The fourth-order valence-electron chi connectivity index (χ4n) is 2.12. The first-order chi connectivity index (χ1) is 8.96. The lowest BCUT2D eigenvalue weighted by Crippen LogP contribution is -2.59. The number of carbonyl (C=O) groups is 1. The predicted molar refractivity (Wildman–Crippen MR) is 75.6 cm³/mol. The van der Waals surface area contributed by atoms with Crippen molar-refractivity contribution < 1.29 is 9.53 Å². The third-order valence-corrected chi connectivity index (χ3v) is 3.35. The van der Waals surface area contributed by atoms with Crippen LogP contribution in [-0.2, 0) is 4.79 Å². The van der Waals surface area contributed by atoms with Crippen LogP contribution < -0.4 is 10.1 Å². The Morgan fingerprint density at radius 3 is 2.74 bits per heavy atom. The SMILES string of the molecule is CC1(C)CN(C(=O)COc2ccc(Cl)cc2)CCN1. The zero-order valence-corrected chi connectivity index (χ0v) is 12.0. The number of nitrogens with one attached hydrogen (secondary N) is 1. The average molecular weight is 283 g/mol. The van der Waals surface area contributed by atoms with Crippen LogP contribution in [0.2, 0.25) is 5.02 Å². The summed E-state index contributed by atoms with van der Waals surface area (Å²) in [6.45, 7) is 6.50. The summed E-state index contributed by atoms with van der Waals surface area (Å²) in [7, 11) is 0. The van der Waals surface area contributed by atoms with Crippen molar-refractivity contribution in [2.45, 2.75) is 19.4 Å². The second-order valence-corrected chi connectivity index (χ2v) is 5.80. The van der Waals surface area contributed by atoms with Gasteiger partial charge >= 0.3 is 0 Å². The molecule has 2 rings (SSSR count). The van der Waals surface area contributed by atoms with Crippen molar-refractivity contribution in [2.75, 3.05) is 26.2 Å². The van der Waals surface area contributed by atoms with Crippen LogP contribution in [0.1, 0.15) is 13.8 Å². The maximum Gasteiger partial charge on any atom is 0.260 e. The van der Waals surface area contributed by atoms with Gasteiger partial charge in [-0.05, 0) is 38.1 Å². The summed E-state index contributed by atoms with van der Waals surface area (Å²) in [5.41, 5.74) is -0.0335. The number of hydrogen-bond donors (Lipinski definition) is 1. The van der Waals surface area contributed by atoms with E-state index in [1.807, 2.05) is 4.90 Å². The zero-order valence-electron chi connectivity index (χ0n) is 11.3. The lowest BCUT2D eigenvalue weighted by atomic mass is 10.0. The summed E-state index contributed by atoms with van der Waals surface area (Å²) >= 11 is 5.79. The Balaban J connectivity index is 1.85. The number of halogens is 1. The molecule has 4 nitrogen and oxygen atoms in total. The van der Waals surface area contributed by atoms with E-state index in [1.54, 1.807) is 24.3 Å². The summed E-state index contributed by atoms with van der Waals surface area (Å²) in [5, 5.41) is 4.03. The van der Waals surface area contributed by atoms with Crippen molar-refractivity contribution in [2.24, 2.45) is 0 Å². The number of hydrogen-bond acceptors (Lipinski definition) is 3. The minimum atomic E-state index is -0.0335. The average Bonchev–Trinajstić information content (AvgIpc) is 2.36. The van der Waals surface area contributed by atoms with Gasteiger partial charge < -0.3 is 15.0 Å². The van der Waals surface area contributed by atoms with Gasteiger partial charge in [0.1, 0.15) is 5.75 Å². The lowest BCUT2D eigenvalue weighted by Gasteiger charge is -2.39. The van der Waals surface area contributed by atoms with Gasteiger partial charge in [0.15, 0.2) is 6.61 Å². The Kier molecular flexibility index (Phi) is 4.32. The van der Waals surface area contributed by atoms with Gasteiger partial charge in [-0.3, -0.25) is 4.79 Å². The molecule has 5 heteroatoms. The third-order valence-electron chi connectivity index (χ3n) is 3.10. The van der Waals surface area contributed by atoms with Gasteiger partial charge in [0.25, 0.3) is 5.91 Å². The molecule has 0 atom stereocenters. The molecule has 1 heterocycles. The number of carbonyl (C=O) groups excluding carboxylic acids is 1. The molecule has 0 radical (unpaired) electrons. The van der Waals surface area contributed by atoms with Crippen molar-refractivity contribution in [1.82, 2.24) is 10.2 Å². The lowest BCUT2D eigenvalue weighted by molar-refractivity contribution is -0.135. The third kappa shape index (κ3) is 4.11. The van der Waals surface area contributed by atoms with E-state index >= 15 is 0 Å². The first-order valence-corrected chi connectivity index (χ1v) is 6.75. The molecule has 104 valence electrons. The fourth-order valence-corrected chi connectivity index (χ4v) is 2.25. The maximum absolute atomic E-state index is 12.1. The number of ether oxygens (including phenoxy) is 1. The molecule has 0 bridgehead atoms. The molecule has 0 spiro atoms. The second-order valence-electron chi connectivity index (χ2n) is 5.37. The molecule has 0 saturated carbocycles. The van der Waals surface area contributed by atoms with Gasteiger partial charge in [-0.1, -0.05) is 11.6 Å². The largest absolute Gasteiger partial charge is 0.484 e. The molecule has 1 fully saturated rings. The molecule has 1 aromatic rings. The van der Waals surface area contributed by atoms with Gasteiger partial charge in [0.2, 0.25) is 0 Å². The van der Waals surface area contributed by atoms with Crippen LogP contribution in [-0.4, -0.2) is 42.6 Å². The molecule has 1 aromatic carbocycles. The molecule has 1 aliphatic heterocycles. The molecule has 0 aromatic heterocycles. The topological polar surface area (TPSA) is 41.6 Å². The minimum Gasteiger partial charge on any atom is -0.484 e. The Labute approximate surface area is 118 Å². The second kappa shape index (κ2) is 5.80. The van der Waals surface area contributed by atoms with Crippen molar-refractivity contribution >= 4 is 17.5 Å². The Morgan fingerprint density at radius 2 is 2.11 bits per heavy atom. The molecular formula is C14H19ClN2O2. The summed E-state index contributed by atoms with van der Waals surface area (Å²) in [5.74, 6) is 0.677. The maximum atomic E-state index is 12.1. The first-order valence-electron chi connectivity index (χ1n) is 6.37. The van der Waals surface area contributed by atoms with Crippen LogP contribution in [0.4, 0.5) is 0 Å². The summed E-state index contributed by atoms with van der Waals surface area (Å²) < 4.78 is 5.47. The standard InChI is InChI=1S/C14H19ClN2O2/c1-14(2)10-17(8-7-16-14)13(18)9-19-12-5-3-11(15)4-6-12/h3-6,16H,7-10H2,1-2H3. The highest BCUT2D eigenvalue weighted by atomic mass is 35.5. The van der Waals surface area contributed by atoms with Crippen LogP contribution >= 0.6 is 11.6 Å². The van der Waals surface area contributed by atoms with Crippen LogP contribution in [0.3, 0.4) is 0 Å². The van der Waals surface area contributed by atoms with Crippen LogP contribution in [0.15, 0.2) is 24.3 Å². The number of amides is 1. The quantitative estimate of drug-likeness (QED) is 0.921. The van der Waals surface area contributed by atoms with Crippen molar-refractivity contribution in [3.8, 4) is 5.75 Å². The Hall–Kier alpha value is -1.26. The van der Waals surface area contributed by atoms with E-state index in [0.717, 1.165) is 13.1 Å². The highest BCUT2D eigenvalue weighted by Crippen LogP contribution is 2.16. The van der Waals surface area contributed by atoms with Gasteiger partial charge in [-0.2, -0.15) is 0 Å². The molecule has 1 saturated heterocycles. The fraction of sp³-hybridized carbons (Fsp3) is 0.500. The van der Waals surface area contributed by atoms with Crippen molar-refractivity contribution in [3.63, 3.8) is 0 Å². The highest BCUT2D eigenvalue weighted by molar-refractivity contribution is 6.30. The van der Waals surface area contributed by atoms with E-state index in [4.69, 9.17) is 16.3 Å². The van der Waals surface area contributed by atoms with Gasteiger partial charge in [-0.15, -0.1) is 0 Å². The molecule has 1 amide bonds. The summed E-state index contributed by atoms with van der Waals surface area (Å²) in [6, 6.07) is 7.01. The normalized spacial score (nSPS) is 18.2. The van der Waals surface area contributed by atoms with E-state index in [1.165, 1.54) is 0 Å². The van der Waals surface area contributed by atoms with Crippen molar-refractivity contribution in [1.29, 1.82) is 0 Å². The van der Waals surface area contributed by atoms with Gasteiger partial charge in [-0.25, -0.2) is 0 Å². The highest BCUT2D eigenvalue weighted by Gasteiger charge is 2.28. The van der Waals surface area contributed by atoms with Crippen LogP contribution in [0, 0.1) is 0 Å². The van der Waals surface area contributed by atoms with Gasteiger partial charge in [0.05, 0.1) is 0 Å². The van der Waals surface area contributed by atoms with E-state index < -0.39 is 0 Å². The predicted octanol–water partition coefficient (Wildman–Crippen LogP) is 1.93. The van der Waals surface area contributed by atoms with Crippen LogP contribution in [0.5, 0.6) is 5.75 Å². The minimum absolute atomic E-state index is 0.0181. The number of piperazine rings is 1. The molecule has 0 aliphatic carbocycles. The van der Waals surface area contributed by atoms with E-state index in [2.05, 4.69) is 19.2 Å². The number of rotatable bonds is 3. The van der Waals surface area contributed by atoms with Crippen LogP contribution in [0.25, 0.3) is 0 Å². The number of benzene rings is 1. The zero-order chi connectivity index (χ0) is 13.9. The number of nitrogens with zero attached hydrogens (tertiary/aromatic N) is 1. The van der Waals surface area contributed by atoms with E-state index in [0.29, 0.717) is 17.3 Å². The summed E-state index contributed by atoms with van der Waals surface area (Å²) in [6.07, 6.45) is 0. The van der Waals surface area contributed by atoms with E-state index in [-0.39, 0.29) is 18.1 Å². The molecule has 1 aliphatic rings. The molecule has 1 N–H and O–H groups in total. The van der Waals surface area contributed by atoms with E-state index in [9.17, 15) is 4.79 Å². The molecule has 0 unspecified atom stereocenters. The Bertz CT molecular complexity index is 445. The summed E-state index contributed by atoms with van der Waals surface area (Å²) in [4.78, 5) is 13.9. The monoisotopic (exact) mass is 282 g/mol. The van der Waals surface area contributed by atoms with Crippen molar-refractivity contribution in [3.05, 3.63) is 29.3 Å². The smallest absolute Gasteiger partial charge is 0.260 e. The molecular weight excluding hydrogens is 264 g/mol. The molecule has 19 heavy (non-hydrogen) atoms. The Morgan fingerprint density at radius 1 is 1.42 bits per heavy atom. The van der Waals surface area contributed by atoms with Gasteiger partial charge in [0, 0.05) is 30.2 Å².